The molecule has 0 bridgehead atoms. The zero-order chi connectivity index (χ0) is 35.6. The van der Waals surface area contributed by atoms with Gasteiger partial charge in [0, 0.05) is 17.6 Å². The van der Waals surface area contributed by atoms with Crippen LogP contribution in [0.4, 0.5) is 4.79 Å². The normalized spacial score (nSPS) is 14.9. The van der Waals surface area contributed by atoms with Gasteiger partial charge in [0.15, 0.2) is 9.84 Å². The largest absolute Gasteiger partial charge is 0.481 e. The molecule has 0 heterocycles. The molecule has 4 atom stereocenters. The van der Waals surface area contributed by atoms with Crippen molar-refractivity contribution in [2.24, 2.45) is 5.92 Å². The number of sulfone groups is 1. The Morgan fingerprint density at radius 3 is 1.88 bits per heavy atom. The molecule has 1 aliphatic rings. The Morgan fingerprint density at radius 1 is 0.771 bits per heavy atom. The predicted octanol–water partition coefficient (Wildman–Crippen LogP) is 1.42. The third-order valence-electron chi connectivity index (χ3n) is 7.28. The molecular formula is C32H38N4O11S. The number of allylic oxidation sites excluding steroid dienone is 1. The number of ether oxygens (including phenoxy) is 1. The number of rotatable bonds is 17. The van der Waals surface area contributed by atoms with E-state index in [4.69, 9.17) is 4.74 Å². The fourth-order valence-corrected chi connectivity index (χ4v) is 5.80. The Hall–Kier alpha value is -5.25. The quantitative estimate of drug-likeness (QED) is 0.139. The molecule has 0 spiro atoms. The number of carboxylic acid groups (broad SMARTS) is 2. The summed E-state index contributed by atoms with van der Waals surface area (Å²) >= 11 is 0. The van der Waals surface area contributed by atoms with E-state index in [1.807, 2.05) is 0 Å². The Labute approximate surface area is 277 Å². The molecule has 2 aromatic carbocycles. The lowest BCUT2D eigenvalue weighted by Crippen LogP contribution is -2.56. The van der Waals surface area contributed by atoms with Gasteiger partial charge in [0.1, 0.15) is 24.7 Å². The van der Waals surface area contributed by atoms with E-state index in [2.05, 4.69) is 21.3 Å². The second-order valence-electron chi connectivity index (χ2n) is 11.5. The number of carboxylic acids is 2. The number of amides is 4. The number of hydrogen-bond acceptors (Lipinski definition) is 9. The second-order valence-corrected chi connectivity index (χ2v) is 13.5. The molecule has 15 nitrogen and oxygen atoms in total. The van der Waals surface area contributed by atoms with Crippen LogP contribution in [0.3, 0.4) is 0 Å². The van der Waals surface area contributed by atoms with Crippen molar-refractivity contribution in [2.75, 3.05) is 6.26 Å². The lowest BCUT2D eigenvalue weighted by atomic mass is 10.00. The van der Waals surface area contributed by atoms with Crippen LogP contribution in [0.15, 0.2) is 71.1 Å². The lowest BCUT2D eigenvalue weighted by Gasteiger charge is -2.27. The maximum Gasteiger partial charge on any atom is 0.408 e. The van der Waals surface area contributed by atoms with Crippen LogP contribution in [0, 0.1) is 5.92 Å². The van der Waals surface area contributed by atoms with Crippen LogP contribution >= 0.6 is 0 Å². The molecule has 0 saturated carbocycles. The molecule has 258 valence electrons. The number of carbonyl (C=O) groups is 6. The number of alkyl carbamates (subject to hydrolysis) is 1. The van der Waals surface area contributed by atoms with E-state index in [0.717, 1.165) is 6.26 Å². The monoisotopic (exact) mass is 686 g/mol. The molecule has 4 amide bonds. The minimum Gasteiger partial charge on any atom is -0.481 e. The van der Waals surface area contributed by atoms with Gasteiger partial charge in [-0.2, -0.15) is 0 Å². The maximum atomic E-state index is 13.7. The fourth-order valence-electron chi connectivity index (χ4n) is 4.76. The smallest absolute Gasteiger partial charge is 0.408 e. The number of hydrogen-bond donors (Lipinski definition) is 6. The number of nitrogens with one attached hydrogen (secondary N) is 4. The summed E-state index contributed by atoms with van der Waals surface area (Å²) in [5.74, 6) is -5.95. The minimum atomic E-state index is -3.59. The zero-order valence-corrected chi connectivity index (χ0v) is 27.3. The number of benzene rings is 2. The molecule has 3 rings (SSSR count). The first-order chi connectivity index (χ1) is 22.6. The molecule has 0 aliphatic heterocycles. The highest BCUT2D eigenvalue weighted by molar-refractivity contribution is 7.94. The standard InChI is InChI=1S/C32H38N4O11S/c1-18(2)27(30(42)33-22(15-25(37)38)21-14-24(21)48(3,45)46)35-31(43)28(20-12-8-5-9-13-20)36-29(41)23(16-26(39)40)34-32(44)47-17-19-10-6-4-7-11-19/h4-13,18,22-23,27-28H,14-17H2,1-3H3,(H,33,42)(H,34,44)(H,35,43)(H,36,41)(H,37,38)(H,39,40). The van der Waals surface area contributed by atoms with Crippen molar-refractivity contribution >= 4 is 45.6 Å². The molecule has 2 aromatic rings. The first kappa shape index (κ1) is 37.2. The third-order valence-corrected chi connectivity index (χ3v) is 8.58. The molecule has 0 saturated heterocycles. The van der Waals surface area contributed by atoms with Gasteiger partial charge >= 0.3 is 18.0 Å². The van der Waals surface area contributed by atoms with Crippen molar-refractivity contribution in [3.63, 3.8) is 0 Å². The van der Waals surface area contributed by atoms with Crippen LogP contribution in [0.5, 0.6) is 0 Å². The van der Waals surface area contributed by atoms with Gasteiger partial charge in [0.25, 0.3) is 0 Å². The average molecular weight is 687 g/mol. The Bertz CT molecular complexity index is 1660. The van der Waals surface area contributed by atoms with E-state index >= 15 is 0 Å². The first-order valence-electron chi connectivity index (χ1n) is 14.9. The summed E-state index contributed by atoms with van der Waals surface area (Å²) in [6.07, 6.45) is -1.51. The minimum absolute atomic E-state index is 0.0171. The molecule has 0 aromatic heterocycles. The Kier molecular flexibility index (Phi) is 12.8. The van der Waals surface area contributed by atoms with Gasteiger partial charge < -0.3 is 36.2 Å². The highest BCUT2D eigenvalue weighted by Gasteiger charge is 2.39. The van der Waals surface area contributed by atoms with Gasteiger partial charge in [-0.3, -0.25) is 24.0 Å². The summed E-state index contributed by atoms with van der Waals surface area (Å²) in [5, 5.41) is 28.5. The van der Waals surface area contributed by atoms with Gasteiger partial charge in [-0.05, 0) is 22.6 Å². The van der Waals surface area contributed by atoms with Crippen molar-refractivity contribution in [3.8, 4) is 0 Å². The van der Waals surface area contributed by atoms with E-state index in [1.54, 1.807) is 62.4 Å². The molecule has 0 radical (unpaired) electrons. The molecule has 1 aliphatic carbocycles. The lowest BCUT2D eigenvalue weighted by molar-refractivity contribution is -0.140. The van der Waals surface area contributed by atoms with Crippen molar-refractivity contribution < 1.29 is 52.1 Å². The van der Waals surface area contributed by atoms with Gasteiger partial charge in [0.05, 0.1) is 18.9 Å². The van der Waals surface area contributed by atoms with Crippen molar-refractivity contribution in [1.29, 1.82) is 0 Å². The number of carbonyl (C=O) groups excluding carboxylic acids is 4. The fraction of sp³-hybridized carbons (Fsp3) is 0.375. The second kappa shape index (κ2) is 16.5. The average Bonchev–Trinajstić information content (AvgIpc) is 3.83. The van der Waals surface area contributed by atoms with Crippen LogP contribution in [0.1, 0.15) is 50.3 Å². The van der Waals surface area contributed by atoms with Gasteiger partial charge in [0.2, 0.25) is 17.7 Å². The predicted molar refractivity (Wildman–Crippen MR) is 171 cm³/mol. The van der Waals surface area contributed by atoms with Crippen molar-refractivity contribution in [3.05, 3.63) is 82.3 Å². The maximum absolute atomic E-state index is 13.7. The molecule has 6 N–H and O–H groups in total. The van der Waals surface area contributed by atoms with Crippen LogP contribution in [-0.2, 0) is 45.2 Å². The van der Waals surface area contributed by atoms with E-state index in [0.29, 0.717) is 5.56 Å². The van der Waals surface area contributed by atoms with Gasteiger partial charge in [-0.25, -0.2) is 13.2 Å². The van der Waals surface area contributed by atoms with E-state index in [1.165, 1.54) is 12.1 Å². The Morgan fingerprint density at radius 2 is 1.35 bits per heavy atom. The van der Waals surface area contributed by atoms with Crippen LogP contribution in [-0.4, -0.2) is 78.8 Å². The molecule has 0 fully saturated rings. The van der Waals surface area contributed by atoms with E-state index in [9.17, 15) is 47.4 Å². The summed E-state index contributed by atoms with van der Waals surface area (Å²) in [4.78, 5) is 76.0. The summed E-state index contributed by atoms with van der Waals surface area (Å²) < 4.78 is 29.0. The third kappa shape index (κ3) is 11.2. The van der Waals surface area contributed by atoms with E-state index in [-0.39, 0.29) is 29.1 Å². The highest BCUT2D eigenvalue weighted by Crippen LogP contribution is 2.38. The van der Waals surface area contributed by atoms with Crippen LogP contribution < -0.4 is 21.3 Å². The summed E-state index contributed by atoms with van der Waals surface area (Å²) in [5.41, 5.74) is 1.17. The van der Waals surface area contributed by atoms with Gasteiger partial charge in [-0.15, -0.1) is 0 Å². The number of aliphatic carboxylic acids is 2. The molecule has 16 heteroatoms. The molecule has 4 unspecified atom stereocenters. The first-order valence-corrected chi connectivity index (χ1v) is 16.7. The topological polar surface area (TPSA) is 234 Å². The van der Waals surface area contributed by atoms with Crippen LogP contribution in [0.2, 0.25) is 0 Å². The van der Waals surface area contributed by atoms with Crippen molar-refractivity contribution in [2.45, 2.75) is 63.9 Å². The highest BCUT2D eigenvalue weighted by atomic mass is 32.2. The summed E-state index contributed by atoms with van der Waals surface area (Å²) in [6.45, 7) is 3.07. The summed E-state index contributed by atoms with van der Waals surface area (Å²) in [6, 6.07) is 11.0. The summed E-state index contributed by atoms with van der Waals surface area (Å²) in [7, 11) is -3.59. The SMILES string of the molecule is CC(C)C(NC(=O)C(NC(=O)C(CC(=O)O)NC(=O)OCc1ccccc1)c1ccccc1)C(=O)NC(CC(=O)O)C1=C(S(C)(=O)=O)C1. The Balaban J connectivity index is 1.79. The van der Waals surface area contributed by atoms with E-state index < -0.39 is 88.5 Å². The van der Waals surface area contributed by atoms with Gasteiger partial charge in [-0.1, -0.05) is 74.5 Å². The van der Waals surface area contributed by atoms with Crippen molar-refractivity contribution in [1.82, 2.24) is 21.3 Å². The van der Waals surface area contributed by atoms with Crippen LogP contribution in [0.25, 0.3) is 0 Å². The molecule has 48 heavy (non-hydrogen) atoms. The molecular weight excluding hydrogens is 648 g/mol. The zero-order valence-electron chi connectivity index (χ0n) is 26.5.